The largest absolute Gasteiger partial charge is 0.493 e. The molecular weight excluding hydrogens is 310 g/mol. The zero-order valence-corrected chi connectivity index (χ0v) is 13.7. The Morgan fingerprint density at radius 2 is 1.58 bits per heavy atom. The number of carbonyl (C=O) groups excluding carboxylic acids is 1. The molecule has 6 heteroatoms. The Morgan fingerprint density at radius 3 is 2.04 bits per heavy atom. The van der Waals surface area contributed by atoms with Crippen LogP contribution in [-0.4, -0.2) is 27.3 Å². The molecule has 0 aliphatic carbocycles. The average Bonchev–Trinajstić information content (AvgIpc) is 2.65. The predicted molar refractivity (Wildman–Crippen MR) is 86.4 cm³/mol. The van der Waals surface area contributed by atoms with Gasteiger partial charge in [-0.1, -0.05) is 12.1 Å². The summed E-state index contributed by atoms with van der Waals surface area (Å²) in [5.74, 6) is 0.645. The molecule has 0 atom stereocenters. The third kappa shape index (κ3) is 3.76. The molecule has 24 heavy (non-hydrogen) atoms. The van der Waals surface area contributed by atoms with Gasteiger partial charge in [-0.05, 0) is 29.8 Å². The molecule has 0 aliphatic heterocycles. The zero-order valence-electron chi connectivity index (χ0n) is 13.7. The molecule has 0 fully saturated rings. The van der Waals surface area contributed by atoms with Crippen LogP contribution in [0.15, 0.2) is 36.4 Å². The molecule has 0 saturated heterocycles. The van der Waals surface area contributed by atoms with E-state index in [1.165, 1.54) is 33.5 Å². The van der Waals surface area contributed by atoms with Gasteiger partial charge >= 0.3 is 5.97 Å². The topological polar surface area (TPSA) is 77.8 Å². The molecule has 124 valence electrons. The van der Waals surface area contributed by atoms with Crippen LogP contribution in [0.1, 0.15) is 21.5 Å². The van der Waals surface area contributed by atoms with Gasteiger partial charge in [-0.2, -0.15) is 5.26 Å². The second-order valence-electron chi connectivity index (χ2n) is 4.80. The standard InChI is InChI=1S/C18H17NO5/c1-21-15-8-14(9-16(22-2)17(15)23-3)18(20)24-11-13-6-4-12(10-19)5-7-13/h4-9H,11H2,1-3H3. The van der Waals surface area contributed by atoms with Crippen molar-refractivity contribution in [3.05, 3.63) is 53.1 Å². The summed E-state index contributed by atoms with van der Waals surface area (Å²) in [7, 11) is 4.44. The van der Waals surface area contributed by atoms with Crippen molar-refractivity contribution in [2.75, 3.05) is 21.3 Å². The van der Waals surface area contributed by atoms with Gasteiger partial charge in [0.2, 0.25) is 5.75 Å². The van der Waals surface area contributed by atoms with Crippen LogP contribution in [0.5, 0.6) is 17.2 Å². The van der Waals surface area contributed by atoms with Gasteiger partial charge in [-0.25, -0.2) is 4.79 Å². The van der Waals surface area contributed by atoms with E-state index in [9.17, 15) is 4.79 Å². The lowest BCUT2D eigenvalue weighted by Crippen LogP contribution is -2.07. The summed E-state index contributed by atoms with van der Waals surface area (Å²) in [6, 6.07) is 11.9. The fourth-order valence-corrected chi connectivity index (χ4v) is 2.11. The number of nitrogens with zero attached hydrogens (tertiary/aromatic N) is 1. The summed E-state index contributed by atoms with van der Waals surface area (Å²) in [6.45, 7) is 0.0984. The molecule has 2 aromatic rings. The van der Waals surface area contributed by atoms with E-state index in [1.807, 2.05) is 6.07 Å². The number of carbonyl (C=O) groups is 1. The number of methoxy groups -OCH3 is 3. The minimum Gasteiger partial charge on any atom is -0.493 e. The molecule has 0 N–H and O–H groups in total. The summed E-state index contributed by atoms with van der Waals surface area (Å²) < 4.78 is 20.9. The highest BCUT2D eigenvalue weighted by Gasteiger charge is 2.17. The van der Waals surface area contributed by atoms with Crippen molar-refractivity contribution >= 4 is 5.97 Å². The van der Waals surface area contributed by atoms with Gasteiger partial charge in [0.05, 0.1) is 38.5 Å². The molecule has 0 aromatic heterocycles. The lowest BCUT2D eigenvalue weighted by atomic mass is 10.1. The average molecular weight is 327 g/mol. The minimum absolute atomic E-state index is 0.0984. The third-order valence-corrected chi connectivity index (χ3v) is 3.35. The van der Waals surface area contributed by atoms with Gasteiger partial charge in [-0.15, -0.1) is 0 Å². The molecule has 0 saturated carbocycles. The highest BCUT2D eigenvalue weighted by atomic mass is 16.5. The van der Waals surface area contributed by atoms with Gasteiger partial charge in [-0.3, -0.25) is 0 Å². The maximum absolute atomic E-state index is 12.3. The summed E-state index contributed by atoms with van der Waals surface area (Å²) in [5.41, 5.74) is 1.63. The quantitative estimate of drug-likeness (QED) is 0.759. The molecule has 2 aromatic carbocycles. The Balaban J connectivity index is 2.15. The molecule has 0 heterocycles. The van der Waals surface area contributed by atoms with Crippen LogP contribution in [0.3, 0.4) is 0 Å². The molecule has 0 aliphatic rings. The fraction of sp³-hybridized carbons (Fsp3) is 0.222. The highest BCUT2D eigenvalue weighted by Crippen LogP contribution is 2.38. The smallest absolute Gasteiger partial charge is 0.338 e. The number of ether oxygens (including phenoxy) is 4. The van der Waals surface area contributed by atoms with Gasteiger partial charge in [0.1, 0.15) is 6.61 Å². The highest BCUT2D eigenvalue weighted by molar-refractivity contribution is 5.91. The molecule has 0 spiro atoms. The summed E-state index contributed by atoms with van der Waals surface area (Å²) in [4.78, 5) is 12.3. The normalized spacial score (nSPS) is 9.75. The lowest BCUT2D eigenvalue weighted by molar-refractivity contribution is 0.0472. The van der Waals surface area contributed by atoms with Crippen molar-refractivity contribution in [3.8, 4) is 23.3 Å². The molecule has 2 rings (SSSR count). The predicted octanol–water partition coefficient (Wildman–Crippen LogP) is 2.94. The molecule has 6 nitrogen and oxygen atoms in total. The van der Waals surface area contributed by atoms with Crippen molar-refractivity contribution in [1.29, 1.82) is 5.26 Å². The number of hydrogen-bond donors (Lipinski definition) is 0. The van der Waals surface area contributed by atoms with Gasteiger partial charge in [0.15, 0.2) is 11.5 Å². The Kier molecular flexibility index (Phi) is 5.63. The maximum Gasteiger partial charge on any atom is 0.338 e. The summed E-state index contributed by atoms with van der Waals surface area (Å²) >= 11 is 0. The van der Waals surface area contributed by atoms with Crippen LogP contribution in [-0.2, 0) is 11.3 Å². The Morgan fingerprint density at radius 1 is 1.00 bits per heavy atom. The first-order valence-electron chi connectivity index (χ1n) is 7.09. The van der Waals surface area contributed by atoms with Crippen molar-refractivity contribution < 1.29 is 23.7 Å². The second-order valence-corrected chi connectivity index (χ2v) is 4.80. The first-order chi connectivity index (χ1) is 11.6. The number of esters is 1. The van der Waals surface area contributed by atoms with Crippen LogP contribution < -0.4 is 14.2 Å². The monoisotopic (exact) mass is 327 g/mol. The number of benzene rings is 2. The van der Waals surface area contributed by atoms with E-state index >= 15 is 0 Å². The molecule has 0 bridgehead atoms. The Bertz CT molecular complexity index is 737. The molecular formula is C18H17NO5. The van der Waals surface area contributed by atoms with Crippen molar-refractivity contribution in [2.45, 2.75) is 6.61 Å². The number of rotatable bonds is 6. The van der Waals surface area contributed by atoms with Gasteiger partial charge in [0, 0.05) is 0 Å². The second kappa shape index (κ2) is 7.88. The Hall–Kier alpha value is -3.20. The summed E-state index contributed by atoms with van der Waals surface area (Å²) in [5, 5.41) is 8.77. The maximum atomic E-state index is 12.3. The van der Waals surface area contributed by atoms with Gasteiger partial charge < -0.3 is 18.9 Å². The van der Waals surface area contributed by atoms with Crippen molar-refractivity contribution in [1.82, 2.24) is 0 Å². The van der Waals surface area contributed by atoms with E-state index in [0.29, 0.717) is 22.8 Å². The minimum atomic E-state index is -0.515. The SMILES string of the molecule is COc1cc(C(=O)OCc2ccc(C#N)cc2)cc(OC)c1OC. The van der Waals surface area contributed by atoms with E-state index in [-0.39, 0.29) is 12.2 Å². The van der Waals surface area contributed by atoms with E-state index in [4.69, 9.17) is 24.2 Å². The van der Waals surface area contributed by atoms with Crippen molar-refractivity contribution in [3.63, 3.8) is 0 Å². The van der Waals surface area contributed by atoms with Crippen LogP contribution in [0.4, 0.5) is 0 Å². The number of nitriles is 1. The van der Waals surface area contributed by atoms with Crippen LogP contribution >= 0.6 is 0 Å². The van der Waals surface area contributed by atoms with Gasteiger partial charge in [0.25, 0.3) is 0 Å². The van der Waals surface area contributed by atoms with E-state index < -0.39 is 5.97 Å². The van der Waals surface area contributed by atoms with E-state index in [0.717, 1.165) is 5.56 Å². The molecule has 0 radical (unpaired) electrons. The van der Waals surface area contributed by atoms with Crippen LogP contribution in [0.25, 0.3) is 0 Å². The molecule has 0 amide bonds. The number of hydrogen-bond acceptors (Lipinski definition) is 6. The van der Waals surface area contributed by atoms with Crippen LogP contribution in [0.2, 0.25) is 0 Å². The third-order valence-electron chi connectivity index (χ3n) is 3.35. The zero-order chi connectivity index (χ0) is 17.5. The lowest BCUT2D eigenvalue weighted by Gasteiger charge is -2.13. The van der Waals surface area contributed by atoms with Crippen molar-refractivity contribution in [2.24, 2.45) is 0 Å². The summed E-state index contributed by atoms with van der Waals surface area (Å²) in [6.07, 6.45) is 0. The first kappa shape index (κ1) is 17.2. The van der Waals surface area contributed by atoms with E-state index in [2.05, 4.69) is 0 Å². The first-order valence-corrected chi connectivity index (χ1v) is 7.09. The Labute approximate surface area is 140 Å². The van der Waals surface area contributed by atoms with Crippen LogP contribution in [0, 0.1) is 11.3 Å². The fourth-order valence-electron chi connectivity index (χ4n) is 2.11. The molecule has 0 unspecified atom stereocenters. The van der Waals surface area contributed by atoms with E-state index in [1.54, 1.807) is 24.3 Å².